The van der Waals surface area contributed by atoms with Crippen molar-refractivity contribution in [2.24, 2.45) is 0 Å². The maximum atomic E-state index is 12.7. The Labute approximate surface area is 140 Å². The number of benzene rings is 1. The molecular weight excluding hydrogens is 308 g/mol. The van der Waals surface area contributed by atoms with Crippen LogP contribution in [0.4, 0.5) is 5.69 Å². The number of carbonyl (C=O) groups is 2. The van der Waals surface area contributed by atoms with Crippen molar-refractivity contribution in [1.29, 1.82) is 0 Å². The molecule has 0 aliphatic carbocycles. The van der Waals surface area contributed by atoms with Gasteiger partial charge in [0.2, 0.25) is 5.91 Å². The van der Waals surface area contributed by atoms with Crippen LogP contribution in [-0.4, -0.2) is 29.3 Å². The third-order valence-electron chi connectivity index (χ3n) is 4.41. The summed E-state index contributed by atoms with van der Waals surface area (Å²) >= 11 is 1.42. The first kappa shape index (κ1) is 15.7. The van der Waals surface area contributed by atoms with Gasteiger partial charge >= 0.3 is 0 Å². The molecule has 1 N–H and O–H groups in total. The van der Waals surface area contributed by atoms with Gasteiger partial charge in [0, 0.05) is 12.2 Å². The van der Waals surface area contributed by atoms with Gasteiger partial charge in [0.05, 0.1) is 4.88 Å². The zero-order chi connectivity index (χ0) is 16.4. The van der Waals surface area contributed by atoms with Crippen LogP contribution in [0.25, 0.3) is 0 Å². The van der Waals surface area contributed by atoms with Crippen LogP contribution in [0.1, 0.15) is 33.6 Å². The third kappa shape index (κ3) is 3.15. The molecule has 0 spiro atoms. The fourth-order valence-corrected chi connectivity index (χ4v) is 3.61. The van der Waals surface area contributed by atoms with Gasteiger partial charge in [-0.25, -0.2) is 0 Å². The van der Waals surface area contributed by atoms with Gasteiger partial charge < -0.3 is 10.2 Å². The first-order valence-electron chi connectivity index (χ1n) is 7.79. The third-order valence-corrected chi connectivity index (χ3v) is 5.27. The smallest absolute Gasteiger partial charge is 0.264 e. The normalized spacial score (nSPS) is 17.3. The lowest BCUT2D eigenvalue weighted by Crippen LogP contribution is -2.43. The monoisotopic (exact) mass is 328 g/mol. The molecule has 1 fully saturated rings. The Kier molecular flexibility index (Phi) is 4.48. The predicted molar refractivity (Wildman–Crippen MR) is 92.9 cm³/mol. The highest BCUT2D eigenvalue weighted by molar-refractivity contribution is 7.12. The van der Waals surface area contributed by atoms with E-state index in [0.717, 1.165) is 23.2 Å². The molecule has 1 atom stereocenters. The van der Waals surface area contributed by atoms with Crippen molar-refractivity contribution in [3.63, 3.8) is 0 Å². The summed E-state index contributed by atoms with van der Waals surface area (Å²) in [6.45, 7) is 4.66. The second-order valence-corrected chi connectivity index (χ2v) is 6.82. The molecule has 1 unspecified atom stereocenters. The van der Waals surface area contributed by atoms with Gasteiger partial charge in [-0.2, -0.15) is 0 Å². The Bertz CT molecular complexity index is 725. The SMILES string of the molecule is Cc1cccc(NC(=O)C2CCCN2C(=O)c2cccs2)c1C. The minimum atomic E-state index is -0.385. The minimum absolute atomic E-state index is 0.0429. The highest BCUT2D eigenvalue weighted by atomic mass is 32.1. The Morgan fingerprint density at radius 3 is 2.78 bits per heavy atom. The number of nitrogens with one attached hydrogen (secondary N) is 1. The van der Waals surface area contributed by atoms with Crippen LogP contribution in [-0.2, 0) is 4.79 Å². The molecule has 4 nitrogen and oxygen atoms in total. The highest BCUT2D eigenvalue weighted by Gasteiger charge is 2.35. The zero-order valence-electron chi connectivity index (χ0n) is 13.3. The second-order valence-electron chi connectivity index (χ2n) is 5.87. The fourth-order valence-electron chi connectivity index (χ4n) is 2.93. The molecular formula is C18H20N2O2S. The van der Waals surface area contributed by atoms with Crippen LogP contribution < -0.4 is 5.32 Å². The number of thiophene rings is 1. The number of aryl methyl sites for hydroxylation is 1. The van der Waals surface area contributed by atoms with Crippen molar-refractivity contribution < 1.29 is 9.59 Å². The molecule has 3 rings (SSSR count). The van der Waals surface area contributed by atoms with Crippen LogP contribution in [0.5, 0.6) is 0 Å². The molecule has 0 saturated carbocycles. The molecule has 1 aliphatic rings. The molecule has 1 aromatic heterocycles. The lowest BCUT2D eigenvalue weighted by Gasteiger charge is -2.24. The maximum absolute atomic E-state index is 12.7. The molecule has 1 saturated heterocycles. The predicted octanol–water partition coefficient (Wildman–Crippen LogP) is 3.61. The highest BCUT2D eigenvalue weighted by Crippen LogP contribution is 2.24. The van der Waals surface area contributed by atoms with Crippen molar-refractivity contribution >= 4 is 28.8 Å². The fraction of sp³-hybridized carbons (Fsp3) is 0.333. The van der Waals surface area contributed by atoms with E-state index in [9.17, 15) is 9.59 Å². The lowest BCUT2D eigenvalue weighted by atomic mass is 10.1. The molecule has 0 bridgehead atoms. The first-order chi connectivity index (χ1) is 11.1. The average Bonchev–Trinajstić information content (AvgIpc) is 3.21. The molecule has 2 aromatic rings. The van der Waals surface area contributed by atoms with Gasteiger partial charge in [-0.1, -0.05) is 18.2 Å². The van der Waals surface area contributed by atoms with Gasteiger partial charge in [0.15, 0.2) is 0 Å². The first-order valence-corrected chi connectivity index (χ1v) is 8.67. The van der Waals surface area contributed by atoms with Gasteiger partial charge in [-0.05, 0) is 55.3 Å². The van der Waals surface area contributed by atoms with Crippen LogP contribution in [0.3, 0.4) is 0 Å². The summed E-state index contributed by atoms with van der Waals surface area (Å²) in [5.74, 6) is -0.139. The summed E-state index contributed by atoms with van der Waals surface area (Å²) in [4.78, 5) is 27.6. The summed E-state index contributed by atoms with van der Waals surface area (Å²) in [6, 6.07) is 9.14. The van der Waals surface area contributed by atoms with Crippen LogP contribution >= 0.6 is 11.3 Å². The second kappa shape index (κ2) is 6.54. The van der Waals surface area contributed by atoms with Crippen molar-refractivity contribution in [2.75, 3.05) is 11.9 Å². The van der Waals surface area contributed by atoms with E-state index in [0.29, 0.717) is 17.8 Å². The van der Waals surface area contributed by atoms with Gasteiger partial charge in [0.1, 0.15) is 6.04 Å². The summed E-state index contributed by atoms with van der Waals surface area (Å²) in [6.07, 6.45) is 1.58. The van der Waals surface area contributed by atoms with E-state index in [1.807, 2.05) is 49.6 Å². The zero-order valence-corrected chi connectivity index (χ0v) is 14.2. The molecule has 1 aliphatic heterocycles. The van der Waals surface area contributed by atoms with E-state index < -0.39 is 0 Å². The minimum Gasteiger partial charge on any atom is -0.326 e. The van der Waals surface area contributed by atoms with Crippen LogP contribution in [0.15, 0.2) is 35.7 Å². The quantitative estimate of drug-likeness (QED) is 0.936. The van der Waals surface area contributed by atoms with Crippen molar-refractivity contribution in [3.8, 4) is 0 Å². The largest absolute Gasteiger partial charge is 0.326 e. The number of nitrogens with zero attached hydrogens (tertiary/aromatic N) is 1. The molecule has 120 valence electrons. The Morgan fingerprint density at radius 2 is 2.04 bits per heavy atom. The maximum Gasteiger partial charge on any atom is 0.264 e. The number of anilines is 1. The van der Waals surface area contributed by atoms with E-state index >= 15 is 0 Å². The van der Waals surface area contributed by atoms with Gasteiger partial charge in [-0.3, -0.25) is 9.59 Å². The number of rotatable bonds is 3. The number of amides is 2. The van der Waals surface area contributed by atoms with E-state index in [-0.39, 0.29) is 17.9 Å². The summed E-state index contributed by atoms with van der Waals surface area (Å²) in [7, 11) is 0. The van der Waals surface area contributed by atoms with Crippen molar-refractivity contribution in [2.45, 2.75) is 32.7 Å². The van der Waals surface area contributed by atoms with Crippen LogP contribution in [0, 0.1) is 13.8 Å². The summed E-state index contributed by atoms with van der Waals surface area (Å²) < 4.78 is 0. The number of hydrogen-bond donors (Lipinski definition) is 1. The number of carbonyl (C=O) groups excluding carboxylic acids is 2. The molecule has 1 aromatic carbocycles. The molecule has 2 heterocycles. The topological polar surface area (TPSA) is 49.4 Å². The van der Waals surface area contributed by atoms with E-state index in [1.165, 1.54) is 11.3 Å². The van der Waals surface area contributed by atoms with E-state index in [1.54, 1.807) is 4.90 Å². The van der Waals surface area contributed by atoms with Crippen molar-refractivity contribution in [1.82, 2.24) is 4.90 Å². The van der Waals surface area contributed by atoms with Crippen molar-refractivity contribution in [3.05, 3.63) is 51.7 Å². The molecule has 0 radical (unpaired) electrons. The Hall–Kier alpha value is -2.14. The Balaban J connectivity index is 1.76. The molecule has 2 amide bonds. The van der Waals surface area contributed by atoms with Crippen LogP contribution in [0.2, 0.25) is 0 Å². The summed E-state index contributed by atoms with van der Waals surface area (Å²) in [5, 5.41) is 4.88. The Morgan fingerprint density at radius 1 is 1.22 bits per heavy atom. The lowest BCUT2D eigenvalue weighted by molar-refractivity contribution is -0.119. The molecule has 5 heteroatoms. The molecule has 23 heavy (non-hydrogen) atoms. The van der Waals surface area contributed by atoms with E-state index in [4.69, 9.17) is 0 Å². The average molecular weight is 328 g/mol. The van der Waals surface area contributed by atoms with Gasteiger partial charge in [-0.15, -0.1) is 11.3 Å². The summed E-state index contributed by atoms with van der Waals surface area (Å²) in [5.41, 5.74) is 3.03. The number of hydrogen-bond acceptors (Lipinski definition) is 3. The standard InChI is InChI=1S/C18H20N2O2S/c1-12-6-3-7-14(13(12)2)19-17(21)15-8-4-10-20(15)18(22)16-9-5-11-23-16/h3,5-7,9,11,15H,4,8,10H2,1-2H3,(H,19,21). The van der Waals surface area contributed by atoms with Gasteiger partial charge in [0.25, 0.3) is 5.91 Å². The number of likely N-dealkylation sites (tertiary alicyclic amines) is 1. The van der Waals surface area contributed by atoms with E-state index in [2.05, 4.69) is 5.32 Å².